The lowest BCUT2D eigenvalue weighted by molar-refractivity contribution is -0.384. The first-order valence-electron chi connectivity index (χ1n) is 10.1. The van der Waals surface area contributed by atoms with Gasteiger partial charge in [0.25, 0.3) is 5.69 Å². The van der Waals surface area contributed by atoms with E-state index in [4.69, 9.17) is 0 Å². The monoisotopic (exact) mass is 430 g/mol. The summed E-state index contributed by atoms with van der Waals surface area (Å²) in [7, 11) is 0. The fraction of sp³-hybridized carbons (Fsp3) is 0.650. The first-order chi connectivity index (χ1) is 14.0. The highest BCUT2D eigenvalue weighted by atomic mass is 19.4. The van der Waals surface area contributed by atoms with Crippen molar-refractivity contribution < 1.29 is 22.9 Å². The maximum atomic E-state index is 12.9. The number of urea groups is 1. The molecule has 2 amide bonds. The molecular weight excluding hydrogens is 401 g/mol. The van der Waals surface area contributed by atoms with Gasteiger partial charge in [-0.05, 0) is 31.4 Å². The fourth-order valence-electron chi connectivity index (χ4n) is 3.47. The molecule has 1 fully saturated rings. The maximum absolute atomic E-state index is 12.9. The van der Waals surface area contributed by atoms with Crippen LogP contribution in [0.15, 0.2) is 18.2 Å². The molecule has 1 aromatic carbocycles. The van der Waals surface area contributed by atoms with Crippen molar-refractivity contribution in [2.75, 3.05) is 31.1 Å². The second-order valence-corrected chi connectivity index (χ2v) is 8.11. The third kappa shape index (κ3) is 6.50. The van der Waals surface area contributed by atoms with Crippen LogP contribution in [0, 0.1) is 16.0 Å². The molecule has 1 aliphatic rings. The van der Waals surface area contributed by atoms with Crippen LogP contribution in [0.25, 0.3) is 0 Å². The molecule has 168 valence electrons. The van der Waals surface area contributed by atoms with Crippen LogP contribution in [0.4, 0.5) is 29.3 Å². The van der Waals surface area contributed by atoms with Gasteiger partial charge < -0.3 is 15.1 Å². The summed E-state index contributed by atoms with van der Waals surface area (Å²) in [4.78, 5) is 26.2. The van der Waals surface area contributed by atoms with E-state index in [1.807, 2.05) is 6.92 Å². The lowest BCUT2D eigenvalue weighted by Gasteiger charge is -2.36. The number of nitro benzene ring substituents is 1. The maximum Gasteiger partial charge on any atom is 0.416 e. The zero-order valence-electron chi connectivity index (χ0n) is 17.5. The van der Waals surface area contributed by atoms with Gasteiger partial charge in [-0.3, -0.25) is 10.1 Å². The van der Waals surface area contributed by atoms with Crippen LogP contribution in [0.5, 0.6) is 0 Å². The molecule has 30 heavy (non-hydrogen) atoms. The molecule has 0 aromatic heterocycles. The molecule has 7 nitrogen and oxygen atoms in total. The van der Waals surface area contributed by atoms with Gasteiger partial charge in [0.1, 0.15) is 5.69 Å². The Morgan fingerprint density at radius 1 is 1.17 bits per heavy atom. The second kappa shape index (κ2) is 9.99. The Hall–Kier alpha value is -2.52. The molecule has 10 heteroatoms. The molecule has 2 rings (SSSR count). The standard InChI is InChI=1S/C20H29F3N4O3/c1-14(2)5-4-6-15(3)24-19(28)26-11-9-25(10-12-26)17-8-7-16(20(21,22)23)13-18(17)27(29)30/h7-8,13-15H,4-6,9-12H2,1-3H3,(H,24,28)/t15-/m1/s1. The number of nitrogens with zero attached hydrogens (tertiary/aromatic N) is 3. The van der Waals surface area contributed by atoms with E-state index < -0.39 is 22.4 Å². The highest BCUT2D eigenvalue weighted by Crippen LogP contribution is 2.36. The molecule has 1 N–H and O–H groups in total. The van der Waals surface area contributed by atoms with Crippen molar-refractivity contribution in [3.8, 4) is 0 Å². The molecule has 0 aliphatic carbocycles. The number of rotatable bonds is 7. The molecule has 1 atom stereocenters. The van der Waals surface area contributed by atoms with Crippen LogP contribution in [0.2, 0.25) is 0 Å². The molecule has 0 unspecified atom stereocenters. The van der Waals surface area contributed by atoms with E-state index in [1.165, 1.54) is 0 Å². The highest BCUT2D eigenvalue weighted by Gasteiger charge is 2.34. The number of amides is 2. The summed E-state index contributed by atoms with van der Waals surface area (Å²) >= 11 is 0. The minimum absolute atomic E-state index is 0.0466. The van der Waals surface area contributed by atoms with Gasteiger partial charge in [0, 0.05) is 38.3 Å². The normalized spacial score (nSPS) is 16.0. The number of nitro groups is 1. The predicted molar refractivity (Wildman–Crippen MR) is 109 cm³/mol. The van der Waals surface area contributed by atoms with Crippen molar-refractivity contribution in [1.29, 1.82) is 0 Å². The Kier molecular flexibility index (Phi) is 7.91. The molecule has 1 aliphatic heterocycles. The minimum Gasteiger partial charge on any atom is -0.362 e. The van der Waals surface area contributed by atoms with Crippen LogP contribution in [0.1, 0.15) is 45.6 Å². The van der Waals surface area contributed by atoms with Crippen molar-refractivity contribution in [1.82, 2.24) is 10.2 Å². The van der Waals surface area contributed by atoms with E-state index in [-0.39, 0.29) is 17.8 Å². The van der Waals surface area contributed by atoms with Crippen molar-refractivity contribution in [3.05, 3.63) is 33.9 Å². The van der Waals surface area contributed by atoms with Gasteiger partial charge in [0.05, 0.1) is 10.5 Å². The molecule has 1 heterocycles. The number of piperazine rings is 1. The summed E-state index contributed by atoms with van der Waals surface area (Å²) in [6.07, 6.45) is -1.62. The number of hydrogen-bond acceptors (Lipinski definition) is 4. The Balaban J connectivity index is 1.95. The molecule has 0 bridgehead atoms. The number of halogens is 3. The van der Waals surface area contributed by atoms with Crippen LogP contribution in [0.3, 0.4) is 0 Å². The summed E-state index contributed by atoms with van der Waals surface area (Å²) in [6.45, 7) is 7.56. The molecule has 1 saturated heterocycles. The smallest absolute Gasteiger partial charge is 0.362 e. The summed E-state index contributed by atoms with van der Waals surface area (Å²) < 4.78 is 38.6. The van der Waals surface area contributed by atoms with Crippen molar-refractivity contribution in [2.24, 2.45) is 5.92 Å². The van der Waals surface area contributed by atoms with Gasteiger partial charge in [-0.2, -0.15) is 13.2 Å². The second-order valence-electron chi connectivity index (χ2n) is 8.11. The molecule has 0 radical (unpaired) electrons. The lowest BCUT2D eigenvalue weighted by atomic mass is 10.0. The molecule has 0 saturated carbocycles. The van der Waals surface area contributed by atoms with E-state index in [1.54, 1.807) is 9.80 Å². The quantitative estimate of drug-likeness (QED) is 0.504. The van der Waals surface area contributed by atoms with Crippen molar-refractivity contribution >= 4 is 17.4 Å². The van der Waals surface area contributed by atoms with Gasteiger partial charge in [0.15, 0.2) is 0 Å². The molecule has 0 spiro atoms. The topological polar surface area (TPSA) is 78.7 Å². The number of alkyl halides is 3. The average Bonchev–Trinajstić information content (AvgIpc) is 2.66. The first-order valence-corrected chi connectivity index (χ1v) is 10.1. The Morgan fingerprint density at radius 2 is 1.80 bits per heavy atom. The number of carbonyl (C=O) groups is 1. The number of nitrogens with one attached hydrogen (secondary N) is 1. The number of carbonyl (C=O) groups excluding carboxylic acids is 1. The average molecular weight is 430 g/mol. The molecule has 1 aromatic rings. The first kappa shape index (κ1) is 23.8. The Bertz CT molecular complexity index is 747. The van der Waals surface area contributed by atoms with Crippen molar-refractivity contribution in [2.45, 2.75) is 52.3 Å². The molecular formula is C20H29F3N4O3. The Labute approximate surface area is 174 Å². The van der Waals surface area contributed by atoms with E-state index in [2.05, 4.69) is 19.2 Å². The zero-order valence-corrected chi connectivity index (χ0v) is 17.5. The summed E-state index contributed by atoms with van der Waals surface area (Å²) in [5.74, 6) is 0.621. The van der Waals surface area contributed by atoms with Crippen LogP contribution >= 0.6 is 0 Å². The van der Waals surface area contributed by atoms with Gasteiger partial charge in [-0.1, -0.05) is 26.7 Å². The van der Waals surface area contributed by atoms with E-state index >= 15 is 0 Å². The van der Waals surface area contributed by atoms with Gasteiger partial charge in [-0.15, -0.1) is 0 Å². The number of anilines is 1. The van der Waals surface area contributed by atoms with E-state index in [0.717, 1.165) is 31.4 Å². The van der Waals surface area contributed by atoms with Crippen LogP contribution in [-0.4, -0.2) is 48.1 Å². The lowest BCUT2D eigenvalue weighted by Crippen LogP contribution is -2.53. The summed E-state index contributed by atoms with van der Waals surface area (Å²) in [6, 6.07) is 2.40. The zero-order chi connectivity index (χ0) is 22.5. The third-order valence-corrected chi connectivity index (χ3v) is 5.20. The summed E-state index contributed by atoms with van der Waals surface area (Å²) in [5, 5.41) is 14.3. The Morgan fingerprint density at radius 3 is 2.33 bits per heavy atom. The fourth-order valence-corrected chi connectivity index (χ4v) is 3.47. The minimum atomic E-state index is -4.65. The van der Waals surface area contributed by atoms with E-state index in [9.17, 15) is 28.1 Å². The highest BCUT2D eigenvalue weighted by molar-refractivity contribution is 5.75. The van der Waals surface area contributed by atoms with Gasteiger partial charge in [-0.25, -0.2) is 4.79 Å². The van der Waals surface area contributed by atoms with E-state index in [0.29, 0.717) is 38.2 Å². The number of benzene rings is 1. The third-order valence-electron chi connectivity index (χ3n) is 5.20. The van der Waals surface area contributed by atoms with Gasteiger partial charge >= 0.3 is 12.2 Å². The number of hydrogen-bond donors (Lipinski definition) is 1. The summed E-state index contributed by atoms with van der Waals surface area (Å²) in [5.41, 5.74) is -1.50. The van der Waals surface area contributed by atoms with Crippen molar-refractivity contribution in [3.63, 3.8) is 0 Å². The SMILES string of the molecule is CC(C)CCC[C@@H](C)NC(=O)N1CCN(c2ccc(C(F)(F)F)cc2[N+](=O)[O-])CC1. The van der Waals surface area contributed by atoms with Crippen LogP contribution in [-0.2, 0) is 6.18 Å². The largest absolute Gasteiger partial charge is 0.416 e. The van der Waals surface area contributed by atoms with Gasteiger partial charge in [0.2, 0.25) is 0 Å². The predicted octanol–water partition coefficient (Wildman–Crippen LogP) is 4.66. The van der Waals surface area contributed by atoms with Crippen LogP contribution < -0.4 is 10.2 Å².